The number of aliphatic hydroxyl groups is 1. The quantitative estimate of drug-likeness (QED) is 0.747. The topological polar surface area (TPSA) is 49.5 Å². The summed E-state index contributed by atoms with van der Waals surface area (Å²) < 4.78 is 0. The van der Waals surface area contributed by atoms with Gasteiger partial charge in [-0.3, -0.25) is 0 Å². The van der Waals surface area contributed by atoms with Gasteiger partial charge in [0.1, 0.15) is 0 Å². The Morgan fingerprint density at radius 2 is 1.75 bits per heavy atom. The third-order valence-corrected chi connectivity index (χ3v) is 5.33. The molecule has 3 heteroatoms. The van der Waals surface area contributed by atoms with Gasteiger partial charge in [-0.15, -0.1) is 0 Å². The Kier molecular flexibility index (Phi) is 2.84. The standard InChI is InChI=1S/C13H26N2O/c1-9(2)12(3,14)13(16)7-10-5-6-11(8-13)15(10)4/h9-11,16H,5-8,14H2,1-4H3. The van der Waals surface area contributed by atoms with Crippen LogP contribution in [0, 0.1) is 5.92 Å². The van der Waals surface area contributed by atoms with Crippen LogP contribution in [0.5, 0.6) is 0 Å². The van der Waals surface area contributed by atoms with Crippen LogP contribution in [0.1, 0.15) is 46.5 Å². The smallest absolute Gasteiger partial charge is 0.0855 e. The van der Waals surface area contributed by atoms with Crippen molar-refractivity contribution < 1.29 is 5.11 Å². The molecular formula is C13H26N2O. The molecule has 16 heavy (non-hydrogen) atoms. The lowest BCUT2D eigenvalue weighted by atomic mass is 9.67. The van der Waals surface area contributed by atoms with Gasteiger partial charge in [0.25, 0.3) is 0 Å². The average molecular weight is 226 g/mol. The predicted molar refractivity (Wildman–Crippen MR) is 66.2 cm³/mol. The zero-order valence-electron chi connectivity index (χ0n) is 11.0. The Balaban J connectivity index is 2.22. The Bertz CT molecular complexity index is 261. The number of nitrogens with two attached hydrogens (primary N) is 1. The fraction of sp³-hybridized carbons (Fsp3) is 1.00. The van der Waals surface area contributed by atoms with E-state index < -0.39 is 11.1 Å². The van der Waals surface area contributed by atoms with Crippen LogP contribution in [0.25, 0.3) is 0 Å². The highest BCUT2D eigenvalue weighted by atomic mass is 16.3. The fourth-order valence-electron chi connectivity index (χ4n) is 3.42. The van der Waals surface area contributed by atoms with E-state index in [0.717, 1.165) is 12.8 Å². The maximum absolute atomic E-state index is 10.9. The van der Waals surface area contributed by atoms with Crippen molar-refractivity contribution in [1.82, 2.24) is 4.90 Å². The summed E-state index contributed by atoms with van der Waals surface area (Å²) in [6.45, 7) is 6.23. The summed E-state index contributed by atoms with van der Waals surface area (Å²) in [7, 11) is 2.19. The summed E-state index contributed by atoms with van der Waals surface area (Å²) in [5, 5.41) is 10.9. The molecule has 0 aliphatic carbocycles. The van der Waals surface area contributed by atoms with Crippen LogP contribution in [0.2, 0.25) is 0 Å². The summed E-state index contributed by atoms with van der Waals surface area (Å²) >= 11 is 0. The van der Waals surface area contributed by atoms with Crippen molar-refractivity contribution in [1.29, 1.82) is 0 Å². The molecule has 0 radical (unpaired) electrons. The number of fused-ring (bicyclic) bond motifs is 2. The Morgan fingerprint density at radius 1 is 1.31 bits per heavy atom. The van der Waals surface area contributed by atoms with Crippen molar-refractivity contribution in [3.05, 3.63) is 0 Å². The molecule has 0 saturated carbocycles. The highest BCUT2D eigenvalue weighted by molar-refractivity contribution is 5.11. The van der Waals surface area contributed by atoms with E-state index in [-0.39, 0.29) is 0 Å². The maximum Gasteiger partial charge on any atom is 0.0855 e. The van der Waals surface area contributed by atoms with Crippen LogP contribution in [0.15, 0.2) is 0 Å². The van der Waals surface area contributed by atoms with E-state index >= 15 is 0 Å². The van der Waals surface area contributed by atoms with E-state index in [1.165, 1.54) is 12.8 Å². The van der Waals surface area contributed by atoms with Crippen molar-refractivity contribution in [2.75, 3.05) is 7.05 Å². The molecule has 2 bridgehead atoms. The molecular weight excluding hydrogens is 200 g/mol. The monoisotopic (exact) mass is 226 g/mol. The second kappa shape index (κ2) is 3.69. The lowest BCUT2D eigenvalue weighted by Crippen LogP contribution is -2.66. The lowest BCUT2D eigenvalue weighted by molar-refractivity contribution is -0.106. The van der Waals surface area contributed by atoms with Gasteiger partial charge in [-0.1, -0.05) is 13.8 Å². The van der Waals surface area contributed by atoms with E-state index in [0.29, 0.717) is 18.0 Å². The van der Waals surface area contributed by atoms with Crippen LogP contribution in [-0.4, -0.2) is 40.3 Å². The summed E-state index contributed by atoms with van der Waals surface area (Å²) in [6.07, 6.45) is 4.12. The second-order valence-electron chi connectivity index (χ2n) is 6.43. The van der Waals surface area contributed by atoms with Gasteiger partial charge in [0.05, 0.1) is 5.60 Å². The summed E-state index contributed by atoms with van der Waals surface area (Å²) in [4.78, 5) is 2.44. The molecule has 0 aromatic rings. The van der Waals surface area contributed by atoms with Gasteiger partial charge >= 0.3 is 0 Å². The van der Waals surface area contributed by atoms with E-state index in [9.17, 15) is 5.11 Å². The number of piperidine rings is 1. The molecule has 3 nitrogen and oxygen atoms in total. The van der Waals surface area contributed by atoms with Gasteiger partial charge in [0, 0.05) is 17.6 Å². The van der Waals surface area contributed by atoms with Crippen LogP contribution in [-0.2, 0) is 0 Å². The predicted octanol–water partition coefficient (Wildman–Crippen LogP) is 1.35. The normalized spacial score (nSPS) is 43.7. The maximum atomic E-state index is 10.9. The number of rotatable bonds is 2. The van der Waals surface area contributed by atoms with Gasteiger partial charge in [0.15, 0.2) is 0 Å². The summed E-state index contributed by atoms with van der Waals surface area (Å²) in [5.74, 6) is 0.306. The zero-order chi connectivity index (χ0) is 12.1. The molecule has 0 aromatic carbocycles. The Morgan fingerprint density at radius 3 is 2.12 bits per heavy atom. The fourth-order valence-corrected chi connectivity index (χ4v) is 3.42. The molecule has 2 aliphatic rings. The molecule has 2 fully saturated rings. The van der Waals surface area contributed by atoms with Crippen molar-refractivity contribution in [3.8, 4) is 0 Å². The summed E-state index contributed by atoms with van der Waals surface area (Å²) in [6, 6.07) is 1.07. The minimum atomic E-state index is -0.681. The van der Waals surface area contributed by atoms with Gasteiger partial charge in [-0.25, -0.2) is 0 Å². The minimum Gasteiger partial charge on any atom is -0.388 e. The van der Waals surface area contributed by atoms with Crippen molar-refractivity contribution in [2.45, 2.75) is 69.7 Å². The first-order valence-electron chi connectivity index (χ1n) is 6.51. The molecule has 2 saturated heterocycles. The molecule has 0 spiro atoms. The lowest BCUT2D eigenvalue weighted by Gasteiger charge is -2.51. The van der Waals surface area contributed by atoms with E-state index in [2.05, 4.69) is 25.8 Å². The van der Waals surface area contributed by atoms with Gasteiger partial charge in [-0.05, 0) is 45.6 Å². The highest BCUT2D eigenvalue weighted by Gasteiger charge is 2.54. The molecule has 2 aliphatic heterocycles. The van der Waals surface area contributed by atoms with Crippen LogP contribution in [0.4, 0.5) is 0 Å². The molecule has 0 amide bonds. The zero-order valence-corrected chi connectivity index (χ0v) is 11.0. The van der Waals surface area contributed by atoms with Gasteiger partial charge in [0.2, 0.25) is 0 Å². The molecule has 2 rings (SSSR count). The van der Waals surface area contributed by atoms with Crippen LogP contribution in [0.3, 0.4) is 0 Å². The molecule has 3 unspecified atom stereocenters. The first kappa shape index (κ1) is 12.3. The molecule has 0 aromatic heterocycles. The highest BCUT2D eigenvalue weighted by Crippen LogP contribution is 2.45. The average Bonchev–Trinajstić information content (AvgIpc) is 2.43. The Hall–Kier alpha value is -0.120. The SMILES string of the molecule is CC(C)C(C)(N)C1(O)CC2CCC(C1)N2C. The first-order valence-corrected chi connectivity index (χ1v) is 6.51. The third-order valence-electron chi connectivity index (χ3n) is 5.33. The number of nitrogens with zero attached hydrogens (tertiary/aromatic N) is 1. The third kappa shape index (κ3) is 1.60. The summed E-state index contributed by atoms with van der Waals surface area (Å²) in [5.41, 5.74) is 5.24. The second-order valence-corrected chi connectivity index (χ2v) is 6.43. The van der Waals surface area contributed by atoms with E-state index in [4.69, 9.17) is 5.73 Å². The number of hydrogen-bond donors (Lipinski definition) is 2. The first-order chi connectivity index (χ1) is 7.28. The largest absolute Gasteiger partial charge is 0.388 e. The van der Waals surface area contributed by atoms with Crippen LogP contribution >= 0.6 is 0 Å². The number of hydrogen-bond acceptors (Lipinski definition) is 3. The molecule has 3 atom stereocenters. The van der Waals surface area contributed by atoms with E-state index in [1.54, 1.807) is 0 Å². The molecule has 94 valence electrons. The Labute approximate surface area is 99.0 Å². The van der Waals surface area contributed by atoms with Crippen molar-refractivity contribution in [3.63, 3.8) is 0 Å². The van der Waals surface area contributed by atoms with Crippen molar-refractivity contribution >= 4 is 0 Å². The van der Waals surface area contributed by atoms with Gasteiger partial charge in [-0.2, -0.15) is 0 Å². The van der Waals surface area contributed by atoms with Crippen LogP contribution < -0.4 is 5.73 Å². The van der Waals surface area contributed by atoms with E-state index in [1.807, 2.05) is 6.92 Å². The minimum absolute atomic E-state index is 0.306. The molecule has 2 heterocycles. The molecule has 3 N–H and O–H groups in total. The van der Waals surface area contributed by atoms with Crippen molar-refractivity contribution in [2.24, 2.45) is 11.7 Å². The van der Waals surface area contributed by atoms with Gasteiger partial charge < -0.3 is 15.7 Å².